The minimum Gasteiger partial charge on any atom is -0.488 e. The van der Waals surface area contributed by atoms with E-state index in [2.05, 4.69) is 5.32 Å². The molecule has 1 aliphatic rings. The van der Waals surface area contributed by atoms with Crippen molar-refractivity contribution >= 4 is 11.7 Å². The van der Waals surface area contributed by atoms with Crippen LogP contribution in [0, 0.1) is 5.92 Å². The molecule has 4 N–H and O–H groups in total. The van der Waals surface area contributed by atoms with E-state index in [1.807, 2.05) is 6.92 Å². The molecule has 0 saturated carbocycles. The van der Waals surface area contributed by atoms with E-state index in [4.69, 9.17) is 15.6 Å². The van der Waals surface area contributed by atoms with Crippen molar-refractivity contribution in [1.82, 2.24) is 5.32 Å². The molecule has 1 heterocycles. The van der Waals surface area contributed by atoms with Crippen molar-refractivity contribution in [3.8, 4) is 5.75 Å². The molecule has 1 aromatic carbocycles. The fourth-order valence-corrected chi connectivity index (χ4v) is 2.36. The number of anilines is 1. The lowest BCUT2D eigenvalue weighted by atomic mass is 9.94. The lowest BCUT2D eigenvalue weighted by molar-refractivity contribution is 0.0697. The fourth-order valence-electron chi connectivity index (χ4n) is 2.36. The van der Waals surface area contributed by atoms with Gasteiger partial charge < -0.3 is 20.9 Å². The first kappa shape index (κ1) is 13.7. The third kappa shape index (κ3) is 3.38. The van der Waals surface area contributed by atoms with E-state index in [0.717, 1.165) is 25.9 Å². The maximum absolute atomic E-state index is 10.8. The molecule has 0 radical (unpaired) electrons. The fraction of sp³-hybridized carbons (Fsp3) is 0.500. The van der Waals surface area contributed by atoms with Crippen LogP contribution >= 0.6 is 0 Å². The van der Waals surface area contributed by atoms with Crippen molar-refractivity contribution in [2.24, 2.45) is 5.92 Å². The number of nitrogens with one attached hydrogen (secondary N) is 1. The molecule has 0 aliphatic carbocycles. The van der Waals surface area contributed by atoms with Gasteiger partial charge >= 0.3 is 5.97 Å². The summed E-state index contributed by atoms with van der Waals surface area (Å²) in [6.07, 6.45) is 2.36. The molecule has 2 rings (SSSR count). The van der Waals surface area contributed by atoms with E-state index in [-0.39, 0.29) is 11.7 Å². The number of hydrogen-bond donors (Lipinski definition) is 3. The largest absolute Gasteiger partial charge is 0.488 e. The number of ether oxygens (including phenoxy) is 1. The highest BCUT2D eigenvalue weighted by Gasteiger charge is 2.22. The normalized spacial score (nSPS) is 20.8. The monoisotopic (exact) mass is 264 g/mol. The third-order valence-corrected chi connectivity index (χ3v) is 3.57. The van der Waals surface area contributed by atoms with Gasteiger partial charge in [0.25, 0.3) is 0 Å². The van der Waals surface area contributed by atoms with E-state index in [9.17, 15) is 4.79 Å². The molecule has 5 nitrogen and oxygen atoms in total. The standard InChI is InChI=1S/C14H20N2O3/c1-9(11-3-2-6-16-8-11)19-13-5-4-10(14(17)18)7-12(13)15/h4-5,7,9,11,16H,2-3,6,8,15H2,1H3,(H,17,18). The molecule has 1 aromatic rings. The second-order valence-electron chi connectivity index (χ2n) is 4.99. The molecule has 0 spiro atoms. The molecule has 0 amide bonds. The number of aromatic carboxylic acids is 1. The first-order valence-electron chi connectivity index (χ1n) is 6.58. The molecule has 0 bridgehead atoms. The predicted molar refractivity (Wildman–Crippen MR) is 73.5 cm³/mol. The highest BCUT2D eigenvalue weighted by molar-refractivity contribution is 5.89. The topological polar surface area (TPSA) is 84.6 Å². The summed E-state index contributed by atoms with van der Waals surface area (Å²) in [6.45, 7) is 4.05. The zero-order valence-corrected chi connectivity index (χ0v) is 11.1. The predicted octanol–water partition coefficient (Wildman–Crippen LogP) is 1.73. The van der Waals surface area contributed by atoms with Gasteiger partial charge in [-0.1, -0.05) is 0 Å². The highest BCUT2D eigenvalue weighted by Crippen LogP contribution is 2.26. The molecule has 19 heavy (non-hydrogen) atoms. The number of carboxylic acids is 1. The highest BCUT2D eigenvalue weighted by atomic mass is 16.5. The van der Waals surface area contributed by atoms with Gasteiger partial charge in [-0.25, -0.2) is 4.79 Å². The first-order chi connectivity index (χ1) is 9.08. The van der Waals surface area contributed by atoms with Crippen LogP contribution in [0.1, 0.15) is 30.1 Å². The number of carbonyl (C=O) groups is 1. The number of benzene rings is 1. The molecule has 1 saturated heterocycles. The van der Waals surface area contributed by atoms with Gasteiger partial charge in [-0.2, -0.15) is 0 Å². The Kier molecular flexibility index (Phi) is 4.27. The van der Waals surface area contributed by atoms with Gasteiger partial charge in [-0.15, -0.1) is 0 Å². The smallest absolute Gasteiger partial charge is 0.335 e. The zero-order valence-electron chi connectivity index (χ0n) is 11.1. The lowest BCUT2D eigenvalue weighted by Gasteiger charge is -2.29. The van der Waals surface area contributed by atoms with E-state index in [1.54, 1.807) is 6.07 Å². The van der Waals surface area contributed by atoms with Gasteiger partial charge in [0.2, 0.25) is 0 Å². The lowest BCUT2D eigenvalue weighted by Crippen LogP contribution is -2.38. The maximum atomic E-state index is 10.8. The van der Waals surface area contributed by atoms with E-state index in [0.29, 0.717) is 17.4 Å². The number of nitrogens with two attached hydrogens (primary N) is 1. The summed E-state index contributed by atoms with van der Waals surface area (Å²) in [5.74, 6) is 0.0400. The van der Waals surface area contributed by atoms with Gasteiger partial charge in [0.15, 0.2) is 0 Å². The Bertz CT molecular complexity index is 456. The van der Waals surface area contributed by atoms with Crippen LogP contribution in [0.25, 0.3) is 0 Å². The Morgan fingerprint density at radius 3 is 2.95 bits per heavy atom. The summed E-state index contributed by atoms with van der Waals surface area (Å²) >= 11 is 0. The average Bonchev–Trinajstić information content (AvgIpc) is 2.41. The number of rotatable bonds is 4. The van der Waals surface area contributed by atoms with Crippen molar-refractivity contribution < 1.29 is 14.6 Å². The first-order valence-corrected chi connectivity index (χ1v) is 6.58. The molecule has 2 atom stereocenters. The number of nitrogen functional groups attached to an aromatic ring is 1. The Morgan fingerprint density at radius 1 is 1.58 bits per heavy atom. The van der Waals surface area contributed by atoms with Gasteiger partial charge in [0.05, 0.1) is 11.3 Å². The summed E-state index contributed by atoms with van der Waals surface area (Å²) in [6, 6.07) is 4.58. The second-order valence-corrected chi connectivity index (χ2v) is 4.99. The van der Waals surface area contributed by atoms with Gasteiger partial charge in [0.1, 0.15) is 11.9 Å². The Hall–Kier alpha value is -1.75. The quantitative estimate of drug-likeness (QED) is 0.721. The van der Waals surface area contributed by atoms with Crippen LogP contribution in [0.4, 0.5) is 5.69 Å². The summed E-state index contributed by atoms with van der Waals surface area (Å²) in [5, 5.41) is 12.2. The molecule has 2 unspecified atom stereocenters. The van der Waals surface area contributed by atoms with Crippen LogP contribution in [0.3, 0.4) is 0 Å². The van der Waals surface area contributed by atoms with E-state index < -0.39 is 5.97 Å². The van der Waals surface area contributed by atoms with E-state index >= 15 is 0 Å². The van der Waals surface area contributed by atoms with Gasteiger partial charge in [-0.05, 0) is 44.5 Å². The summed E-state index contributed by atoms with van der Waals surface area (Å²) in [4.78, 5) is 10.8. The third-order valence-electron chi connectivity index (χ3n) is 3.57. The zero-order chi connectivity index (χ0) is 13.8. The van der Waals surface area contributed by atoms with Crippen LogP contribution in [-0.4, -0.2) is 30.3 Å². The molecular weight excluding hydrogens is 244 g/mol. The molecule has 0 aromatic heterocycles. The van der Waals surface area contributed by atoms with Crippen molar-refractivity contribution in [3.63, 3.8) is 0 Å². The van der Waals surface area contributed by atoms with E-state index in [1.165, 1.54) is 12.1 Å². The second kappa shape index (κ2) is 5.93. The minimum absolute atomic E-state index is 0.0609. The van der Waals surface area contributed by atoms with Crippen LogP contribution in [0.5, 0.6) is 5.75 Å². The molecule has 1 fully saturated rings. The average molecular weight is 264 g/mol. The van der Waals surface area contributed by atoms with Crippen molar-refractivity contribution in [1.29, 1.82) is 0 Å². The minimum atomic E-state index is -0.984. The Labute approximate surface area is 112 Å². The van der Waals surface area contributed by atoms with Crippen LogP contribution in [0.15, 0.2) is 18.2 Å². The SMILES string of the molecule is CC(Oc1ccc(C(=O)O)cc1N)C1CCCNC1. The van der Waals surface area contributed by atoms with Crippen LogP contribution < -0.4 is 15.8 Å². The summed E-state index contributed by atoms with van der Waals surface area (Å²) in [7, 11) is 0. The van der Waals surface area contributed by atoms with Crippen LogP contribution in [0.2, 0.25) is 0 Å². The number of piperidine rings is 1. The molecular formula is C14H20N2O3. The molecule has 1 aliphatic heterocycles. The Morgan fingerprint density at radius 2 is 2.37 bits per heavy atom. The van der Waals surface area contributed by atoms with Gasteiger partial charge in [-0.3, -0.25) is 0 Å². The Balaban J connectivity index is 2.03. The maximum Gasteiger partial charge on any atom is 0.335 e. The number of carboxylic acid groups (broad SMARTS) is 1. The van der Waals surface area contributed by atoms with Gasteiger partial charge in [0, 0.05) is 12.5 Å². The summed E-state index contributed by atoms with van der Waals surface area (Å²) in [5.41, 5.74) is 6.38. The van der Waals surface area contributed by atoms with Crippen LogP contribution in [-0.2, 0) is 0 Å². The van der Waals surface area contributed by atoms with Crippen molar-refractivity contribution in [2.45, 2.75) is 25.9 Å². The van der Waals surface area contributed by atoms with Crippen molar-refractivity contribution in [2.75, 3.05) is 18.8 Å². The molecule has 104 valence electrons. The molecule has 5 heteroatoms. The van der Waals surface area contributed by atoms with Crippen molar-refractivity contribution in [3.05, 3.63) is 23.8 Å². The summed E-state index contributed by atoms with van der Waals surface area (Å²) < 4.78 is 5.86. The number of hydrogen-bond acceptors (Lipinski definition) is 4.